The van der Waals surface area contributed by atoms with Gasteiger partial charge in [-0.1, -0.05) is 36.1 Å². The van der Waals surface area contributed by atoms with E-state index in [2.05, 4.69) is 4.90 Å². The molecule has 0 atom stereocenters. The van der Waals surface area contributed by atoms with Crippen molar-refractivity contribution in [3.8, 4) is 0 Å². The number of nitrogens with zero attached hydrogens (tertiary/aromatic N) is 2. The summed E-state index contributed by atoms with van der Waals surface area (Å²) in [5, 5.41) is 0. The minimum absolute atomic E-state index is 0.215. The Hall–Kier alpha value is -1.48. The lowest BCUT2D eigenvalue weighted by atomic mass is 10.0. The van der Waals surface area contributed by atoms with Gasteiger partial charge in [0.25, 0.3) is 11.8 Å². The number of hydrogen-bond donors (Lipinski definition) is 0. The smallest absolute Gasteiger partial charge is 0.261 e. The number of likely N-dealkylation sites (tertiary alicyclic amines) is 1. The third-order valence-corrected chi connectivity index (χ3v) is 6.52. The van der Waals surface area contributed by atoms with Crippen molar-refractivity contribution in [1.29, 1.82) is 0 Å². The molecule has 4 rings (SSSR count). The van der Waals surface area contributed by atoms with Gasteiger partial charge in [0.15, 0.2) is 5.79 Å². The molecule has 138 valence electrons. The van der Waals surface area contributed by atoms with Gasteiger partial charge in [0, 0.05) is 38.2 Å². The molecule has 0 bridgehead atoms. The Morgan fingerprint density at radius 2 is 1.65 bits per heavy atom. The number of carbonyl (C=O) groups is 2. The van der Waals surface area contributed by atoms with Crippen molar-refractivity contribution in [3.05, 3.63) is 35.4 Å². The molecule has 2 fully saturated rings. The second-order valence-electron chi connectivity index (χ2n) is 6.52. The number of amides is 2. The number of thiocarbonyl (C=S) groups is 1. The quantitative estimate of drug-likeness (QED) is 0.577. The van der Waals surface area contributed by atoms with E-state index < -0.39 is 5.79 Å². The zero-order valence-electron chi connectivity index (χ0n) is 14.3. The number of fused-ring (bicyclic) bond motifs is 1. The largest absolute Gasteiger partial charge is 0.357 e. The summed E-state index contributed by atoms with van der Waals surface area (Å²) >= 11 is 7.04. The highest BCUT2D eigenvalue weighted by Crippen LogP contribution is 2.32. The first-order valence-electron chi connectivity index (χ1n) is 8.74. The van der Waals surface area contributed by atoms with Crippen LogP contribution >= 0.6 is 24.0 Å². The van der Waals surface area contributed by atoms with Crippen molar-refractivity contribution in [3.63, 3.8) is 0 Å². The molecule has 2 amide bonds. The van der Waals surface area contributed by atoms with E-state index in [1.807, 2.05) is 0 Å². The van der Waals surface area contributed by atoms with E-state index in [0.29, 0.717) is 36.6 Å². The Bertz CT molecular complexity index is 703. The molecule has 0 aliphatic carbocycles. The molecule has 0 unspecified atom stereocenters. The van der Waals surface area contributed by atoms with Crippen LogP contribution in [0.3, 0.4) is 0 Å². The molecule has 0 aromatic heterocycles. The topological polar surface area (TPSA) is 59.1 Å². The van der Waals surface area contributed by atoms with Crippen molar-refractivity contribution in [2.45, 2.75) is 18.6 Å². The van der Waals surface area contributed by atoms with Gasteiger partial charge in [-0.25, -0.2) is 0 Å². The zero-order chi connectivity index (χ0) is 18.1. The summed E-state index contributed by atoms with van der Waals surface area (Å²) in [6.45, 7) is 3.30. The summed E-state index contributed by atoms with van der Waals surface area (Å²) in [7, 11) is 0. The Morgan fingerprint density at radius 3 is 2.23 bits per heavy atom. The molecule has 1 aromatic carbocycles. The van der Waals surface area contributed by atoms with Crippen LogP contribution in [0, 0.1) is 0 Å². The van der Waals surface area contributed by atoms with E-state index in [9.17, 15) is 9.59 Å². The van der Waals surface area contributed by atoms with E-state index in [1.165, 1.54) is 16.7 Å². The number of piperidine rings is 1. The summed E-state index contributed by atoms with van der Waals surface area (Å²) in [5.74, 6) is -0.240. The maximum atomic E-state index is 12.4. The highest BCUT2D eigenvalue weighted by atomic mass is 32.2. The number of hydrogen-bond acceptors (Lipinski definition) is 6. The number of carbonyl (C=O) groups excluding carboxylic acids is 2. The number of thioether (sulfide) groups is 1. The zero-order valence-corrected chi connectivity index (χ0v) is 15.9. The van der Waals surface area contributed by atoms with Crippen LogP contribution in [-0.2, 0) is 9.47 Å². The average molecular weight is 393 g/mol. The summed E-state index contributed by atoms with van der Waals surface area (Å²) in [6, 6.07) is 6.95. The fraction of sp³-hybridized carbons (Fsp3) is 0.500. The molecule has 3 heterocycles. The van der Waals surface area contributed by atoms with Gasteiger partial charge in [0.05, 0.1) is 24.3 Å². The lowest BCUT2D eigenvalue weighted by Crippen LogP contribution is -2.46. The first kappa shape index (κ1) is 17.9. The molecule has 2 saturated heterocycles. The van der Waals surface area contributed by atoms with Gasteiger partial charge >= 0.3 is 0 Å². The van der Waals surface area contributed by atoms with Crippen LogP contribution in [-0.4, -0.2) is 70.3 Å². The summed E-state index contributed by atoms with van der Waals surface area (Å²) in [5.41, 5.74) is 0.978. The van der Waals surface area contributed by atoms with Crippen LogP contribution in [0.2, 0.25) is 0 Å². The Balaban J connectivity index is 1.26. The third-order valence-electron chi connectivity index (χ3n) is 5.02. The van der Waals surface area contributed by atoms with Gasteiger partial charge < -0.3 is 14.4 Å². The molecule has 26 heavy (non-hydrogen) atoms. The van der Waals surface area contributed by atoms with Crippen molar-refractivity contribution >= 4 is 40.1 Å². The van der Waals surface area contributed by atoms with Crippen molar-refractivity contribution < 1.29 is 19.1 Å². The Morgan fingerprint density at radius 1 is 1.08 bits per heavy atom. The van der Waals surface area contributed by atoms with E-state index in [1.54, 1.807) is 24.3 Å². The normalized spacial score (nSPS) is 21.5. The molecule has 1 spiro atoms. The van der Waals surface area contributed by atoms with Gasteiger partial charge in [-0.15, -0.1) is 0 Å². The maximum absolute atomic E-state index is 12.4. The van der Waals surface area contributed by atoms with Gasteiger partial charge in [-0.2, -0.15) is 0 Å². The van der Waals surface area contributed by atoms with Crippen molar-refractivity contribution in [1.82, 2.24) is 9.80 Å². The number of ether oxygens (including phenoxy) is 2. The van der Waals surface area contributed by atoms with Crippen LogP contribution in [0.25, 0.3) is 0 Å². The SMILES string of the molecule is O=C1c2ccccc2C(=O)N1CCSC(=S)N1CCC2(CC1)OCCO2. The molecule has 8 heteroatoms. The van der Waals surface area contributed by atoms with Crippen LogP contribution in [0.4, 0.5) is 0 Å². The van der Waals surface area contributed by atoms with Crippen molar-refractivity contribution in [2.24, 2.45) is 0 Å². The highest BCUT2D eigenvalue weighted by Gasteiger charge is 2.40. The van der Waals surface area contributed by atoms with Gasteiger partial charge in [-0.3, -0.25) is 14.5 Å². The van der Waals surface area contributed by atoms with E-state index in [0.717, 1.165) is 30.3 Å². The third kappa shape index (κ3) is 3.26. The van der Waals surface area contributed by atoms with Crippen LogP contribution < -0.4 is 0 Å². The highest BCUT2D eigenvalue weighted by molar-refractivity contribution is 8.22. The minimum atomic E-state index is -0.406. The predicted molar refractivity (Wildman–Crippen MR) is 102 cm³/mol. The summed E-state index contributed by atoms with van der Waals surface area (Å²) in [6.07, 6.45) is 1.62. The molecular weight excluding hydrogens is 372 g/mol. The van der Waals surface area contributed by atoms with Crippen LogP contribution in [0.5, 0.6) is 0 Å². The molecule has 0 saturated carbocycles. The van der Waals surface area contributed by atoms with E-state index >= 15 is 0 Å². The molecule has 1 aromatic rings. The Labute approximate surface area is 161 Å². The Kier molecular flexibility index (Phi) is 5.00. The van der Waals surface area contributed by atoms with Crippen LogP contribution in [0.1, 0.15) is 33.6 Å². The summed E-state index contributed by atoms with van der Waals surface area (Å²) in [4.78, 5) is 28.2. The lowest BCUT2D eigenvalue weighted by Gasteiger charge is -2.38. The van der Waals surface area contributed by atoms with E-state index in [4.69, 9.17) is 21.7 Å². The monoisotopic (exact) mass is 392 g/mol. The molecule has 0 radical (unpaired) electrons. The van der Waals surface area contributed by atoms with Crippen LogP contribution in [0.15, 0.2) is 24.3 Å². The second-order valence-corrected chi connectivity index (χ2v) is 8.25. The molecule has 0 N–H and O–H groups in total. The van der Waals surface area contributed by atoms with Gasteiger partial charge in [0.2, 0.25) is 0 Å². The van der Waals surface area contributed by atoms with Gasteiger partial charge in [-0.05, 0) is 12.1 Å². The molecule has 3 aliphatic heterocycles. The summed E-state index contributed by atoms with van der Waals surface area (Å²) < 4.78 is 12.3. The number of benzene rings is 1. The molecule has 6 nitrogen and oxygen atoms in total. The predicted octanol–water partition coefficient (Wildman–Crippen LogP) is 2.14. The number of imide groups is 1. The minimum Gasteiger partial charge on any atom is -0.357 e. The standard InChI is InChI=1S/C18H20N2O4S2/c21-15-13-3-1-2-4-14(13)16(22)20(15)9-12-26-17(25)19-7-5-18(6-8-19)23-10-11-24-18/h1-4H,5-12H2. The number of rotatable bonds is 3. The first-order valence-corrected chi connectivity index (χ1v) is 10.1. The molecule has 3 aliphatic rings. The van der Waals surface area contributed by atoms with Gasteiger partial charge in [0.1, 0.15) is 4.32 Å². The molecular formula is C18H20N2O4S2. The first-order chi connectivity index (χ1) is 12.6. The fourth-order valence-electron chi connectivity index (χ4n) is 3.57. The fourth-order valence-corrected chi connectivity index (χ4v) is 4.82. The van der Waals surface area contributed by atoms with Crippen molar-refractivity contribution in [2.75, 3.05) is 38.6 Å². The average Bonchev–Trinajstić information content (AvgIpc) is 3.21. The second kappa shape index (κ2) is 7.26. The maximum Gasteiger partial charge on any atom is 0.261 e. The lowest BCUT2D eigenvalue weighted by molar-refractivity contribution is -0.180. The van der Waals surface area contributed by atoms with E-state index in [-0.39, 0.29) is 11.8 Å².